The number of nitrogens with one attached hydrogen (secondary N) is 1. The van der Waals surface area contributed by atoms with Gasteiger partial charge in [-0.3, -0.25) is 4.79 Å². The number of aromatic amines is 1. The van der Waals surface area contributed by atoms with E-state index in [9.17, 15) is 4.79 Å². The molecule has 62 valence electrons. The van der Waals surface area contributed by atoms with E-state index in [0.29, 0.717) is 11.4 Å². The molecule has 0 spiro atoms. The molecule has 1 aromatic rings. The number of carbonyl (C=O) groups excluding carboxylic acids is 1. The third-order valence-electron chi connectivity index (χ3n) is 1.52. The molecule has 1 aromatic heterocycles. The van der Waals surface area contributed by atoms with Gasteiger partial charge in [-0.05, 0) is 6.92 Å². The molecule has 0 amide bonds. The zero-order valence-electron chi connectivity index (χ0n) is 6.87. The number of rotatable bonds is 3. The lowest BCUT2D eigenvalue weighted by Gasteiger charge is -1.90. The van der Waals surface area contributed by atoms with Gasteiger partial charge in [0.05, 0.1) is 0 Å². The van der Waals surface area contributed by atoms with Crippen LogP contribution in [0.2, 0.25) is 0 Å². The van der Waals surface area contributed by atoms with Gasteiger partial charge in [0, 0.05) is 23.5 Å². The van der Waals surface area contributed by atoms with E-state index < -0.39 is 0 Å². The second kappa shape index (κ2) is 3.67. The minimum atomic E-state index is 0.589. The summed E-state index contributed by atoms with van der Waals surface area (Å²) < 4.78 is 0. The van der Waals surface area contributed by atoms with E-state index in [0.717, 1.165) is 11.8 Å². The summed E-state index contributed by atoms with van der Waals surface area (Å²) in [5, 5.41) is 0. The highest BCUT2D eigenvalue weighted by Gasteiger charge is 2.04. The van der Waals surface area contributed by atoms with Crippen LogP contribution in [0.1, 0.15) is 22.8 Å². The number of nitrogens with zero attached hydrogens (tertiary/aromatic N) is 1. The van der Waals surface area contributed by atoms with Crippen LogP contribution in [0.15, 0.2) is 17.8 Å². The normalized spacial score (nSPS) is 10.4. The lowest BCUT2D eigenvalue weighted by molar-refractivity contribution is 0.112. The maximum absolute atomic E-state index is 10.5. The number of aldehydes is 1. The molecule has 3 nitrogen and oxygen atoms in total. The van der Waals surface area contributed by atoms with Crippen molar-refractivity contribution in [3.05, 3.63) is 23.9 Å². The third kappa shape index (κ3) is 1.34. The van der Waals surface area contributed by atoms with E-state index in [1.807, 2.05) is 6.92 Å². The van der Waals surface area contributed by atoms with Crippen molar-refractivity contribution in [2.75, 3.05) is 0 Å². The van der Waals surface area contributed by atoms with Gasteiger partial charge in [0.15, 0.2) is 6.29 Å². The summed E-state index contributed by atoms with van der Waals surface area (Å²) >= 11 is 0. The van der Waals surface area contributed by atoms with Crippen LogP contribution in [-0.2, 0) is 0 Å². The molecular formula is C9H10N2O. The van der Waals surface area contributed by atoms with Crippen molar-refractivity contribution in [2.24, 2.45) is 4.99 Å². The molecule has 0 saturated carbocycles. The molecule has 1 heterocycles. The van der Waals surface area contributed by atoms with E-state index >= 15 is 0 Å². The fraction of sp³-hybridized carbons (Fsp3) is 0.111. The van der Waals surface area contributed by atoms with Crippen LogP contribution in [0.5, 0.6) is 0 Å². The van der Waals surface area contributed by atoms with Gasteiger partial charge in [-0.2, -0.15) is 0 Å². The highest BCUT2D eigenvalue weighted by Crippen LogP contribution is 2.21. The molecular weight excluding hydrogens is 152 g/mol. The minimum Gasteiger partial charge on any atom is -0.345 e. The molecule has 0 unspecified atom stereocenters. The average molecular weight is 162 g/mol. The number of hydrogen-bond donors (Lipinski definition) is 1. The van der Waals surface area contributed by atoms with Gasteiger partial charge in [0.2, 0.25) is 0 Å². The first kappa shape index (κ1) is 8.46. The highest BCUT2D eigenvalue weighted by molar-refractivity contribution is 5.85. The number of hydrogen-bond acceptors (Lipinski definition) is 2. The highest BCUT2D eigenvalue weighted by atomic mass is 16.1. The van der Waals surface area contributed by atoms with E-state index in [-0.39, 0.29) is 0 Å². The summed E-state index contributed by atoms with van der Waals surface area (Å²) in [7, 11) is 0. The largest absolute Gasteiger partial charge is 0.345 e. The van der Waals surface area contributed by atoms with Crippen LogP contribution in [0.3, 0.4) is 0 Å². The molecule has 1 rings (SSSR count). The van der Waals surface area contributed by atoms with Gasteiger partial charge in [-0.25, -0.2) is 4.99 Å². The van der Waals surface area contributed by atoms with Crippen molar-refractivity contribution in [3.63, 3.8) is 0 Å². The summed E-state index contributed by atoms with van der Waals surface area (Å²) in [4.78, 5) is 17.4. The molecule has 1 N–H and O–H groups in total. The maximum Gasteiger partial charge on any atom is 0.152 e. The first-order valence-corrected chi connectivity index (χ1v) is 3.61. The Morgan fingerprint density at radius 1 is 1.67 bits per heavy atom. The van der Waals surface area contributed by atoms with Crippen molar-refractivity contribution in [3.8, 4) is 0 Å². The Labute approximate surface area is 70.8 Å². The number of carbonyl (C=O) groups is 1. The molecule has 0 aliphatic rings. The Balaban J connectivity index is 3.21. The van der Waals surface area contributed by atoms with E-state index in [2.05, 4.69) is 16.6 Å². The zero-order valence-corrected chi connectivity index (χ0v) is 6.87. The minimum absolute atomic E-state index is 0.589. The lowest BCUT2D eigenvalue weighted by atomic mass is 10.2. The fourth-order valence-corrected chi connectivity index (χ4v) is 0.986. The predicted molar refractivity (Wildman–Crippen MR) is 50.1 cm³/mol. The molecule has 3 heteroatoms. The van der Waals surface area contributed by atoms with Crippen LogP contribution >= 0.6 is 0 Å². The topological polar surface area (TPSA) is 45.2 Å². The van der Waals surface area contributed by atoms with Gasteiger partial charge >= 0.3 is 0 Å². The van der Waals surface area contributed by atoms with Crippen molar-refractivity contribution < 1.29 is 4.79 Å². The monoisotopic (exact) mass is 162 g/mol. The maximum atomic E-state index is 10.5. The molecule has 0 aromatic carbocycles. The molecule has 0 radical (unpaired) electrons. The molecule has 0 bridgehead atoms. The van der Waals surface area contributed by atoms with Gasteiger partial charge in [0.25, 0.3) is 0 Å². The van der Waals surface area contributed by atoms with Crippen molar-refractivity contribution >= 4 is 24.4 Å². The summed E-state index contributed by atoms with van der Waals surface area (Å²) in [6.45, 7) is 5.42. The van der Waals surface area contributed by atoms with Gasteiger partial charge in [0.1, 0.15) is 5.82 Å². The molecule has 0 fully saturated rings. The number of H-pyrrole nitrogens is 1. The van der Waals surface area contributed by atoms with Crippen LogP contribution < -0.4 is 0 Å². The van der Waals surface area contributed by atoms with Crippen molar-refractivity contribution in [1.82, 2.24) is 4.98 Å². The quantitative estimate of drug-likeness (QED) is 0.537. The molecule has 0 aliphatic heterocycles. The van der Waals surface area contributed by atoms with E-state index in [4.69, 9.17) is 0 Å². The predicted octanol–water partition coefficient (Wildman–Crippen LogP) is 2.19. The van der Waals surface area contributed by atoms with Gasteiger partial charge < -0.3 is 4.98 Å². The SMILES string of the molecule is C=Cc1c(C=O)c[nH]c1/N=C\C. The van der Waals surface area contributed by atoms with E-state index in [1.165, 1.54) is 0 Å². The average Bonchev–Trinajstić information content (AvgIpc) is 2.47. The van der Waals surface area contributed by atoms with Crippen LogP contribution in [0.25, 0.3) is 6.08 Å². The van der Waals surface area contributed by atoms with Crippen molar-refractivity contribution in [2.45, 2.75) is 6.92 Å². The van der Waals surface area contributed by atoms with Gasteiger partial charge in [-0.1, -0.05) is 12.7 Å². The fourth-order valence-electron chi connectivity index (χ4n) is 0.986. The summed E-state index contributed by atoms with van der Waals surface area (Å²) in [6.07, 6.45) is 5.67. The standard InChI is InChI=1S/C9H10N2O/c1-3-8-7(6-12)5-11-9(8)10-4-2/h3-6,11H,1H2,2H3/b10-4-. The van der Waals surface area contributed by atoms with Gasteiger partial charge in [-0.15, -0.1) is 0 Å². The zero-order chi connectivity index (χ0) is 8.97. The lowest BCUT2D eigenvalue weighted by Crippen LogP contribution is -1.77. The molecule has 0 atom stereocenters. The third-order valence-corrected chi connectivity index (χ3v) is 1.52. The summed E-state index contributed by atoms with van der Waals surface area (Å²) in [5.74, 6) is 0.676. The summed E-state index contributed by atoms with van der Waals surface area (Å²) in [6, 6.07) is 0. The van der Waals surface area contributed by atoms with Crippen LogP contribution in [0, 0.1) is 0 Å². The molecule has 0 aliphatic carbocycles. The van der Waals surface area contributed by atoms with Crippen LogP contribution in [0.4, 0.5) is 5.82 Å². The Bertz CT molecular complexity index is 323. The Hall–Kier alpha value is -1.64. The van der Waals surface area contributed by atoms with E-state index in [1.54, 1.807) is 18.5 Å². The van der Waals surface area contributed by atoms with Crippen LogP contribution in [-0.4, -0.2) is 17.5 Å². The smallest absolute Gasteiger partial charge is 0.152 e. The Morgan fingerprint density at radius 3 is 2.92 bits per heavy atom. The number of aliphatic imine (C=N–C) groups is 1. The first-order valence-electron chi connectivity index (χ1n) is 3.61. The second-order valence-electron chi connectivity index (χ2n) is 2.22. The Kier molecular flexibility index (Phi) is 2.58. The second-order valence-corrected chi connectivity index (χ2v) is 2.22. The Morgan fingerprint density at radius 2 is 2.42 bits per heavy atom. The van der Waals surface area contributed by atoms with Crippen molar-refractivity contribution in [1.29, 1.82) is 0 Å². The molecule has 12 heavy (non-hydrogen) atoms. The molecule has 0 saturated heterocycles. The first-order chi connectivity index (χ1) is 5.83. The summed E-state index contributed by atoms with van der Waals surface area (Å²) in [5.41, 5.74) is 1.34. The number of aromatic nitrogens is 1.